The summed E-state index contributed by atoms with van der Waals surface area (Å²) in [5, 5.41) is 8.66. The molecule has 0 aliphatic heterocycles. The molecule has 0 spiro atoms. The number of carboxylic acid groups (broad SMARTS) is 1. The molecule has 1 heterocycles. The number of rotatable bonds is 10. The Morgan fingerprint density at radius 2 is 1.46 bits per heavy atom. The van der Waals surface area contributed by atoms with Crippen molar-refractivity contribution in [2.75, 3.05) is 0 Å². The van der Waals surface area contributed by atoms with Crippen LogP contribution in [0.1, 0.15) is 44.1 Å². The molecule has 0 unspecified atom stereocenters. The Kier molecular flexibility index (Phi) is 6.63. The molecule has 28 heavy (non-hydrogen) atoms. The van der Waals surface area contributed by atoms with Crippen molar-refractivity contribution in [3.63, 3.8) is 0 Å². The first-order valence-corrected chi connectivity index (χ1v) is 9.70. The van der Waals surface area contributed by atoms with E-state index >= 15 is 0 Å². The number of hydrogen-bond acceptors (Lipinski definition) is 2. The Hall–Kier alpha value is -2.89. The number of imidazole rings is 1. The average Bonchev–Trinajstić information content (AvgIpc) is 2.94. The SMILES string of the molecule is O=C(O)CCCCCCCn1c(=O)n(Cc2ccc(F)cc2)c2ccccc21. The topological polar surface area (TPSA) is 64.2 Å². The predicted molar refractivity (Wildman–Crippen MR) is 107 cm³/mol. The summed E-state index contributed by atoms with van der Waals surface area (Å²) in [4.78, 5) is 23.5. The van der Waals surface area contributed by atoms with Crippen molar-refractivity contribution in [2.45, 2.75) is 51.6 Å². The molecule has 0 radical (unpaired) electrons. The quantitative estimate of drug-likeness (QED) is 0.527. The highest BCUT2D eigenvalue weighted by molar-refractivity contribution is 5.76. The standard InChI is InChI=1S/C22H25FN2O3/c23-18-13-11-17(12-14-18)16-25-20-9-6-5-8-19(20)24(22(25)28)15-7-3-1-2-4-10-21(26)27/h5-6,8-9,11-14H,1-4,7,10,15-16H2,(H,26,27). The number of carboxylic acids is 1. The van der Waals surface area contributed by atoms with E-state index in [9.17, 15) is 14.0 Å². The Morgan fingerprint density at radius 3 is 2.14 bits per heavy atom. The van der Waals surface area contributed by atoms with Gasteiger partial charge in [-0.15, -0.1) is 0 Å². The van der Waals surface area contributed by atoms with E-state index < -0.39 is 5.97 Å². The third kappa shape index (κ3) is 4.88. The highest BCUT2D eigenvalue weighted by atomic mass is 19.1. The van der Waals surface area contributed by atoms with Crippen LogP contribution < -0.4 is 5.69 Å². The summed E-state index contributed by atoms with van der Waals surface area (Å²) < 4.78 is 16.7. The van der Waals surface area contributed by atoms with Gasteiger partial charge >= 0.3 is 11.7 Å². The first-order chi connectivity index (χ1) is 13.6. The Labute approximate surface area is 163 Å². The minimum atomic E-state index is -0.750. The van der Waals surface area contributed by atoms with Crippen molar-refractivity contribution < 1.29 is 14.3 Å². The fraction of sp³-hybridized carbons (Fsp3) is 0.364. The van der Waals surface area contributed by atoms with Crippen LogP contribution in [-0.4, -0.2) is 20.2 Å². The molecular formula is C22H25FN2O3. The molecule has 2 aromatic carbocycles. The molecule has 0 fully saturated rings. The fourth-order valence-electron chi connectivity index (χ4n) is 3.49. The van der Waals surface area contributed by atoms with Crippen LogP contribution in [0, 0.1) is 5.82 Å². The van der Waals surface area contributed by atoms with Gasteiger partial charge in [0.1, 0.15) is 5.82 Å². The normalized spacial score (nSPS) is 11.2. The zero-order valence-corrected chi connectivity index (χ0v) is 15.8. The van der Waals surface area contributed by atoms with E-state index in [4.69, 9.17) is 5.11 Å². The van der Waals surface area contributed by atoms with Crippen LogP contribution in [0.15, 0.2) is 53.3 Å². The first-order valence-electron chi connectivity index (χ1n) is 9.70. The van der Waals surface area contributed by atoms with Crippen LogP contribution in [-0.2, 0) is 17.9 Å². The second kappa shape index (κ2) is 9.35. The van der Waals surface area contributed by atoms with Gasteiger partial charge in [-0.25, -0.2) is 9.18 Å². The lowest BCUT2D eigenvalue weighted by Gasteiger charge is -2.04. The number of aliphatic carboxylic acids is 1. The van der Waals surface area contributed by atoms with Gasteiger partial charge in [-0.05, 0) is 42.7 Å². The van der Waals surface area contributed by atoms with E-state index in [0.717, 1.165) is 42.3 Å². The van der Waals surface area contributed by atoms with Gasteiger partial charge in [0, 0.05) is 13.0 Å². The molecular weight excluding hydrogens is 359 g/mol. The highest BCUT2D eigenvalue weighted by Crippen LogP contribution is 2.16. The number of aryl methyl sites for hydroxylation is 1. The van der Waals surface area contributed by atoms with E-state index in [0.29, 0.717) is 19.5 Å². The molecule has 0 saturated heterocycles. The molecule has 6 heteroatoms. The van der Waals surface area contributed by atoms with Gasteiger partial charge in [0.25, 0.3) is 0 Å². The van der Waals surface area contributed by atoms with Crippen molar-refractivity contribution >= 4 is 17.0 Å². The second-order valence-corrected chi connectivity index (χ2v) is 7.05. The Morgan fingerprint density at radius 1 is 0.857 bits per heavy atom. The number of aromatic nitrogens is 2. The van der Waals surface area contributed by atoms with Crippen molar-refractivity contribution in [3.05, 3.63) is 70.4 Å². The van der Waals surface area contributed by atoms with Gasteiger partial charge in [0.05, 0.1) is 17.6 Å². The van der Waals surface area contributed by atoms with Crippen molar-refractivity contribution in [3.8, 4) is 0 Å². The number of benzene rings is 2. The monoisotopic (exact) mass is 384 g/mol. The summed E-state index contributed by atoms with van der Waals surface area (Å²) in [6.07, 6.45) is 4.62. The van der Waals surface area contributed by atoms with Crippen molar-refractivity contribution in [2.24, 2.45) is 0 Å². The predicted octanol–water partition coefficient (Wildman–Crippen LogP) is 4.42. The summed E-state index contributed by atoms with van der Waals surface area (Å²) in [5.41, 5.74) is 2.60. The maximum absolute atomic E-state index is 13.2. The molecule has 5 nitrogen and oxygen atoms in total. The Balaban J connectivity index is 1.69. The van der Waals surface area contributed by atoms with Gasteiger partial charge in [-0.1, -0.05) is 43.5 Å². The number of halogens is 1. The minimum absolute atomic E-state index is 0.0589. The van der Waals surface area contributed by atoms with Crippen molar-refractivity contribution in [1.82, 2.24) is 9.13 Å². The third-order valence-corrected chi connectivity index (χ3v) is 4.95. The molecule has 1 N–H and O–H groups in total. The lowest BCUT2D eigenvalue weighted by atomic mass is 10.1. The van der Waals surface area contributed by atoms with Crippen LogP contribution >= 0.6 is 0 Å². The molecule has 148 valence electrons. The lowest BCUT2D eigenvalue weighted by Crippen LogP contribution is -2.25. The maximum atomic E-state index is 13.2. The van der Waals surface area contributed by atoms with Crippen LogP contribution in [0.4, 0.5) is 4.39 Å². The summed E-state index contributed by atoms with van der Waals surface area (Å²) in [5.74, 6) is -1.04. The first kappa shape index (κ1) is 19.9. The zero-order valence-electron chi connectivity index (χ0n) is 15.8. The van der Waals surface area contributed by atoms with Crippen LogP contribution in [0.5, 0.6) is 0 Å². The minimum Gasteiger partial charge on any atom is -0.481 e. The van der Waals surface area contributed by atoms with Gasteiger partial charge < -0.3 is 5.11 Å². The van der Waals surface area contributed by atoms with Crippen LogP contribution in [0.2, 0.25) is 0 Å². The number of hydrogen-bond donors (Lipinski definition) is 1. The highest BCUT2D eigenvalue weighted by Gasteiger charge is 2.13. The number of unbranched alkanes of at least 4 members (excludes halogenated alkanes) is 4. The molecule has 0 aliphatic rings. The number of para-hydroxylation sites is 2. The molecule has 0 aliphatic carbocycles. The van der Waals surface area contributed by atoms with Crippen molar-refractivity contribution in [1.29, 1.82) is 0 Å². The van der Waals surface area contributed by atoms with Crippen LogP contribution in [0.3, 0.4) is 0 Å². The summed E-state index contributed by atoms with van der Waals surface area (Å²) >= 11 is 0. The fourth-order valence-corrected chi connectivity index (χ4v) is 3.49. The largest absolute Gasteiger partial charge is 0.481 e. The van der Waals surface area contributed by atoms with Gasteiger partial charge in [-0.3, -0.25) is 13.9 Å². The molecule has 3 aromatic rings. The Bertz CT molecular complexity index is 989. The van der Waals surface area contributed by atoms with Gasteiger partial charge in [0.15, 0.2) is 0 Å². The molecule has 3 rings (SSSR count). The number of fused-ring (bicyclic) bond motifs is 1. The third-order valence-electron chi connectivity index (χ3n) is 4.95. The van der Waals surface area contributed by atoms with Gasteiger partial charge in [0.2, 0.25) is 0 Å². The van der Waals surface area contributed by atoms with E-state index in [1.807, 2.05) is 24.3 Å². The van der Waals surface area contributed by atoms with E-state index in [2.05, 4.69) is 0 Å². The van der Waals surface area contributed by atoms with Gasteiger partial charge in [-0.2, -0.15) is 0 Å². The average molecular weight is 384 g/mol. The number of carbonyl (C=O) groups is 1. The van der Waals surface area contributed by atoms with Crippen LogP contribution in [0.25, 0.3) is 11.0 Å². The van der Waals surface area contributed by atoms with E-state index in [-0.39, 0.29) is 17.9 Å². The molecule has 0 bridgehead atoms. The second-order valence-electron chi connectivity index (χ2n) is 7.05. The molecule has 1 aromatic heterocycles. The number of nitrogens with zero attached hydrogens (tertiary/aromatic N) is 2. The smallest absolute Gasteiger partial charge is 0.329 e. The van der Waals surface area contributed by atoms with E-state index in [1.54, 1.807) is 21.3 Å². The zero-order chi connectivity index (χ0) is 19.9. The molecule has 0 amide bonds. The maximum Gasteiger partial charge on any atom is 0.329 e. The summed E-state index contributed by atoms with van der Waals surface area (Å²) in [6.45, 7) is 1.04. The molecule has 0 atom stereocenters. The summed E-state index contributed by atoms with van der Waals surface area (Å²) in [6, 6.07) is 13.9. The van der Waals surface area contributed by atoms with E-state index in [1.165, 1.54) is 12.1 Å². The lowest BCUT2D eigenvalue weighted by molar-refractivity contribution is -0.137. The molecule has 0 saturated carbocycles. The summed E-state index contributed by atoms with van der Waals surface area (Å²) in [7, 11) is 0.